The molecule has 4 unspecified atom stereocenters. The lowest BCUT2D eigenvalue weighted by atomic mass is 9.66. The van der Waals surface area contributed by atoms with E-state index in [1.54, 1.807) is 5.56 Å². The van der Waals surface area contributed by atoms with Gasteiger partial charge in [-0.2, -0.15) is 0 Å². The third-order valence-electron chi connectivity index (χ3n) is 10.3. The van der Waals surface area contributed by atoms with E-state index in [-0.39, 0.29) is 0 Å². The molecule has 0 spiro atoms. The molecule has 3 saturated carbocycles. The second kappa shape index (κ2) is 8.62. The van der Waals surface area contributed by atoms with E-state index >= 15 is 0 Å². The van der Waals surface area contributed by atoms with Crippen LogP contribution in [0.15, 0.2) is 43.1 Å². The highest BCUT2D eigenvalue weighted by molar-refractivity contribution is 5.65. The number of hydrogen-bond acceptors (Lipinski definition) is 1. The molecule has 1 heterocycles. The van der Waals surface area contributed by atoms with Crippen LogP contribution in [0.25, 0.3) is 5.57 Å². The molecule has 1 aromatic rings. The zero-order valence-corrected chi connectivity index (χ0v) is 21.8. The highest BCUT2D eigenvalue weighted by atomic mass is 15.2. The van der Waals surface area contributed by atoms with Crippen molar-refractivity contribution in [3.63, 3.8) is 0 Å². The molecule has 0 bridgehead atoms. The minimum atomic E-state index is 0.408. The van der Waals surface area contributed by atoms with Gasteiger partial charge in [-0.25, -0.2) is 0 Å². The van der Waals surface area contributed by atoms with Gasteiger partial charge in [0.25, 0.3) is 0 Å². The van der Waals surface area contributed by atoms with Gasteiger partial charge in [-0.15, -0.1) is 0 Å². The number of rotatable bonds is 5. The van der Waals surface area contributed by atoms with Gasteiger partial charge in [0.05, 0.1) is 0 Å². The summed E-state index contributed by atoms with van der Waals surface area (Å²) in [5, 5.41) is 0. The largest absolute Gasteiger partial charge is 0.375 e. The van der Waals surface area contributed by atoms with Crippen LogP contribution in [0.1, 0.15) is 103 Å². The Balaban J connectivity index is 1.16. The van der Waals surface area contributed by atoms with Crippen molar-refractivity contribution in [2.45, 2.75) is 91.4 Å². The van der Waals surface area contributed by atoms with E-state index in [1.807, 2.05) is 0 Å². The molecule has 1 heteroatoms. The van der Waals surface area contributed by atoms with Crippen molar-refractivity contribution in [2.24, 2.45) is 34.5 Å². The predicted molar refractivity (Wildman–Crippen MR) is 142 cm³/mol. The summed E-state index contributed by atoms with van der Waals surface area (Å²) in [5.41, 5.74) is 6.58. The molecule has 1 nitrogen and oxygen atoms in total. The number of benzene rings is 1. The van der Waals surface area contributed by atoms with Crippen molar-refractivity contribution < 1.29 is 0 Å². The molecular formula is C32H47N. The molecule has 1 aliphatic heterocycles. The van der Waals surface area contributed by atoms with Gasteiger partial charge in [0.1, 0.15) is 0 Å². The first-order valence-corrected chi connectivity index (χ1v) is 13.9. The van der Waals surface area contributed by atoms with E-state index in [9.17, 15) is 0 Å². The average Bonchev–Trinajstić information content (AvgIpc) is 3.41. The number of likely N-dealkylation sites (tertiary alicyclic amines) is 1. The smallest absolute Gasteiger partial charge is 0.0180 e. The fraction of sp³-hybridized carbons (Fsp3) is 0.688. The highest BCUT2D eigenvalue weighted by Crippen LogP contribution is 2.55. The average molecular weight is 446 g/mol. The van der Waals surface area contributed by atoms with Crippen LogP contribution in [0.5, 0.6) is 0 Å². The lowest BCUT2D eigenvalue weighted by Crippen LogP contribution is -2.35. The van der Waals surface area contributed by atoms with Gasteiger partial charge in [-0.1, -0.05) is 65.1 Å². The first kappa shape index (κ1) is 23.3. The van der Waals surface area contributed by atoms with Gasteiger partial charge in [0.2, 0.25) is 0 Å². The van der Waals surface area contributed by atoms with Crippen LogP contribution >= 0.6 is 0 Å². The highest BCUT2D eigenvalue weighted by Gasteiger charge is 2.45. The normalized spacial score (nSPS) is 31.8. The molecule has 1 aromatic carbocycles. The molecule has 4 fully saturated rings. The molecule has 4 aliphatic rings. The van der Waals surface area contributed by atoms with Crippen LogP contribution in [-0.2, 0) is 0 Å². The van der Waals surface area contributed by atoms with E-state index in [2.05, 4.69) is 70.0 Å². The Morgan fingerprint density at radius 1 is 0.909 bits per heavy atom. The summed E-state index contributed by atoms with van der Waals surface area (Å²) in [5.74, 6) is 4.26. The lowest BCUT2D eigenvalue weighted by Gasteiger charge is -2.39. The first-order valence-electron chi connectivity index (χ1n) is 13.9. The molecule has 4 atom stereocenters. The molecule has 5 rings (SSSR count). The number of piperidine rings is 1. The van der Waals surface area contributed by atoms with Gasteiger partial charge < -0.3 is 4.90 Å². The predicted octanol–water partition coefficient (Wildman–Crippen LogP) is 8.68. The monoisotopic (exact) mass is 445 g/mol. The molecule has 0 amide bonds. The van der Waals surface area contributed by atoms with E-state index in [0.29, 0.717) is 16.7 Å². The second-order valence-corrected chi connectivity index (χ2v) is 13.4. The van der Waals surface area contributed by atoms with Crippen molar-refractivity contribution in [1.82, 2.24) is 4.90 Å². The maximum atomic E-state index is 4.56. The van der Waals surface area contributed by atoms with Crippen molar-refractivity contribution in [3.05, 3.63) is 54.2 Å². The lowest BCUT2D eigenvalue weighted by molar-refractivity contribution is 0.125. The maximum absolute atomic E-state index is 4.56. The van der Waals surface area contributed by atoms with E-state index in [0.717, 1.165) is 36.8 Å². The Hall–Kier alpha value is -1.50. The Kier molecular flexibility index (Phi) is 6.07. The molecule has 0 aromatic heterocycles. The third kappa shape index (κ3) is 4.59. The quantitative estimate of drug-likeness (QED) is 0.438. The minimum absolute atomic E-state index is 0.408. The molecule has 0 N–H and O–H groups in total. The molecule has 0 radical (unpaired) electrons. The Bertz CT molecular complexity index is 872. The first-order chi connectivity index (χ1) is 15.7. The van der Waals surface area contributed by atoms with E-state index in [1.165, 1.54) is 74.6 Å². The fourth-order valence-corrected chi connectivity index (χ4v) is 7.70. The fourth-order valence-electron chi connectivity index (χ4n) is 7.70. The molecule has 180 valence electrons. The van der Waals surface area contributed by atoms with Gasteiger partial charge in [0.15, 0.2) is 0 Å². The summed E-state index contributed by atoms with van der Waals surface area (Å²) in [7, 11) is 0. The number of fused-ring (bicyclic) bond motifs is 1. The zero-order chi connectivity index (χ0) is 23.4. The van der Waals surface area contributed by atoms with Crippen LogP contribution in [0, 0.1) is 34.5 Å². The number of nitrogens with zero attached hydrogens (tertiary/aromatic N) is 1. The standard InChI is InChI=1S/C32H47N/c1-22(25-15-19-33(20-16-25)23(2)32(6)17-18-32)24-7-9-26(10-8-24)27-11-13-29-28(21-27)12-14-30(29)31(3,4)5/h7-10,25,27-30H,1-2,11-21H2,3-6H3. The van der Waals surface area contributed by atoms with E-state index < -0.39 is 0 Å². The van der Waals surface area contributed by atoms with Crippen molar-refractivity contribution in [3.8, 4) is 0 Å². The van der Waals surface area contributed by atoms with Gasteiger partial charge in [-0.3, -0.25) is 0 Å². The van der Waals surface area contributed by atoms with E-state index in [4.69, 9.17) is 0 Å². The maximum Gasteiger partial charge on any atom is 0.0180 e. The van der Waals surface area contributed by atoms with Crippen LogP contribution in [0.3, 0.4) is 0 Å². The molecule has 1 saturated heterocycles. The second-order valence-electron chi connectivity index (χ2n) is 13.4. The molecule has 33 heavy (non-hydrogen) atoms. The number of allylic oxidation sites excluding steroid dienone is 2. The van der Waals surface area contributed by atoms with Crippen LogP contribution < -0.4 is 0 Å². The summed E-state index contributed by atoms with van der Waals surface area (Å²) >= 11 is 0. The van der Waals surface area contributed by atoms with Crippen molar-refractivity contribution in [2.75, 3.05) is 13.1 Å². The Morgan fingerprint density at radius 2 is 1.58 bits per heavy atom. The summed E-state index contributed by atoms with van der Waals surface area (Å²) < 4.78 is 0. The van der Waals surface area contributed by atoms with Gasteiger partial charge in [-0.05, 0) is 109 Å². The summed E-state index contributed by atoms with van der Waals surface area (Å²) in [6.45, 7) is 21.1. The molecular weight excluding hydrogens is 398 g/mol. The van der Waals surface area contributed by atoms with Crippen LogP contribution in [0.2, 0.25) is 0 Å². The summed E-state index contributed by atoms with van der Waals surface area (Å²) in [6, 6.07) is 9.64. The third-order valence-corrected chi connectivity index (χ3v) is 10.3. The summed E-state index contributed by atoms with van der Waals surface area (Å²) in [6.07, 6.45) is 12.2. The zero-order valence-electron chi connectivity index (χ0n) is 21.8. The van der Waals surface area contributed by atoms with Crippen LogP contribution in [0.4, 0.5) is 0 Å². The SMILES string of the molecule is C=C(c1ccc(C2CCC3C(CCC3C(C)(C)C)C2)cc1)C1CCN(C(=C)C2(C)CC2)CC1. The Morgan fingerprint density at radius 3 is 2.18 bits per heavy atom. The van der Waals surface area contributed by atoms with Gasteiger partial charge in [0, 0.05) is 24.2 Å². The minimum Gasteiger partial charge on any atom is -0.375 e. The number of hydrogen-bond donors (Lipinski definition) is 0. The summed E-state index contributed by atoms with van der Waals surface area (Å²) in [4.78, 5) is 2.56. The topological polar surface area (TPSA) is 3.24 Å². The molecule has 3 aliphatic carbocycles. The van der Waals surface area contributed by atoms with Crippen LogP contribution in [-0.4, -0.2) is 18.0 Å². The Labute approximate surface area is 203 Å². The van der Waals surface area contributed by atoms with Crippen molar-refractivity contribution in [1.29, 1.82) is 0 Å². The van der Waals surface area contributed by atoms with Crippen molar-refractivity contribution >= 4 is 5.57 Å². The van der Waals surface area contributed by atoms with Gasteiger partial charge >= 0.3 is 0 Å².